The molecule has 4 nitrogen and oxygen atoms in total. The molecule has 0 bridgehead atoms. The van der Waals surface area contributed by atoms with Gasteiger partial charge in [0.05, 0.1) is 0 Å². The van der Waals surface area contributed by atoms with Crippen molar-refractivity contribution in [3.05, 3.63) is 46.7 Å². The van der Waals surface area contributed by atoms with Crippen LogP contribution >= 0.6 is 11.3 Å². The zero-order valence-corrected chi connectivity index (χ0v) is 12.7. The summed E-state index contributed by atoms with van der Waals surface area (Å²) in [5.41, 5.74) is 6.89. The fraction of sp³-hybridized carbons (Fsp3) is 0.400. The van der Waals surface area contributed by atoms with E-state index < -0.39 is 0 Å². The lowest BCUT2D eigenvalue weighted by Crippen LogP contribution is -2.46. The van der Waals surface area contributed by atoms with Crippen LogP contribution in [0.15, 0.2) is 29.8 Å². The van der Waals surface area contributed by atoms with E-state index in [2.05, 4.69) is 14.8 Å². The summed E-state index contributed by atoms with van der Waals surface area (Å²) in [7, 11) is 0. The summed E-state index contributed by atoms with van der Waals surface area (Å²) in [6, 6.07) is 5.48. The maximum Gasteiger partial charge on any atom is 0.185 e. The van der Waals surface area contributed by atoms with Crippen molar-refractivity contribution in [3.63, 3.8) is 0 Å². The number of thiazole rings is 1. The Hall–Kier alpha value is -1.50. The van der Waals surface area contributed by atoms with Crippen LogP contribution < -0.4 is 10.6 Å². The Balaban J connectivity index is 1.61. The molecule has 112 valence electrons. The van der Waals surface area contributed by atoms with Crippen LogP contribution in [-0.2, 0) is 13.1 Å². The summed E-state index contributed by atoms with van der Waals surface area (Å²) in [6.45, 7) is 4.61. The number of benzene rings is 1. The number of anilines is 1. The third-order valence-corrected chi connectivity index (χ3v) is 4.67. The van der Waals surface area contributed by atoms with E-state index in [9.17, 15) is 4.39 Å². The average molecular weight is 306 g/mol. The first-order valence-electron chi connectivity index (χ1n) is 7.11. The molecule has 0 amide bonds. The Morgan fingerprint density at radius 2 is 1.95 bits per heavy atom. The number of nitrogens with zero attached hydrogens (tertiary/aromatic N) is 3. The molecule has 0 radical (unpaired) electrons. The Kier molecular flexibility index (Phi) is 4.48. The van der Waals surface area contributed by atoms with Crippen LogP contribution in [0.5, 0.6) is 0 Å². The zero-order chi connectivity index (χ0) is 14.7. The quantitative estimate of drug-likeness (QED) is 0.939. The molecule has 1 aromatic heterocycles. The van der Waals surface area contributed by atoms with E-state index in [1.54, 1.807) is 17.4 Å². The molecule has 3 rings (SSSR count). The lowest BCUT2D eigenvalue weighted by Gasteiger charge is -2.34. The molecule has 0 saturated carbocycles. The number of hydrogen-bond acceptors (Lipinski definition) is 5. The standard InChI is InChI=1S/C15H19FN4S/c16-14-12(10-17)2-1-3-13(14)11-19-5-7-20(8-6-19)15-18-4-9-21-15/h1-4,9H,5-8,10-11,17H2. The van der Waals surface area contributed by atoms with Crippen molar-refractivity contribution in [2.45, 2.75) is 13.1 Å². The maximum absolute atomic E-state index is 14.2. The molecule has 0 unspecified atom stereocenters. The van der Waals surface area contributed by atoms with Gasteiger partial charge in [-0.2, -0.15) is 0 Å². The molecule has 6 heteroatoms. The number of aromatic nitrogens is 1. The van der Waals surface area contributed by atoms with Crippen molar-refractivity contribution >= 4 is 16.5 Å². The molecule has 0 spiro atoms. The van der Waals surface area contributed by atoms with Crippen molar-refractivity contribution in [2.24, 2.45) is 5.73 Å². The number of piperazine rings is 1. The van der Waals surface area contributed by atoms with Crippen molar-refractivity contribution in [2.75, 3.05) is 31.1 Å². The van der Waals surface area contributed by atoms with Crippen molar-refractivity contribution in [1.29, 1.82) is 0 Å². The van der Waals surface area contributed by atoms with Crippen LogP contribution in [0, 0.1) is 5.82 Å². The fourth-order valence-corrected chi connectivity index (χ4v) is 3.32. The van der Waals surface area contributed by atoms with E-state index in [1.807, 2.05) is 23.7 Å². The molecule has 2 N–H and O–H groups in total. The summed E-state index contributed by atoms with van der Waals surface area (Å²) in [4.78, 5) is 8.90. The van der Waals surface area contributed by atoms with Gasteiger partial charge in [-0.1, -0.05) is 18.2 Å². The largest absolute Gasteiger partial charge is 0.346 e. The second-order valence-electron chi connectivity index (χ2n) is 5.17. The Morgan fingerprint density at radius 3 is 2.62 bits per heavy atom. The summed E-state index contributed by atoms with van der Waals surface area (Å²) >= 11 is 1.66. The minimum Gasteiger partial charge on any atom is -0.346 e. The third kappa shape index (κ3) is 3.23. The Morgan fingerprint density at radius 1 is 1.19 bits per heavy atom. The van der Waals surface area contributed by atoms with E-state index in [1.165, 1.54) is 0 Å². The van der Waals surface area contributed by atoms with Crippen molar-refractivity contribution in [1.82, 2.24) is 9.88 Å². The number of nitrogens with two attached hydrogens (primary N) is 1. The minimum atomic E-state index is -0.151. The van der Waals surface area contributed by atoms with Gasteiger partial charge >= 0.3 is 0 Å². The van der Waals surface area contributed by atoms with E-state index in [0.29, 0.717) is 12.1 Å². The minimum absolute atomic E-state index is 0.151. The summed E-state index contributed by atoms with van der Waals surface area (Å²) < 4.78 is 14.2. The Bertz CT molecular complexity index is 579. The maximum atomic E-state index is 14.2. The van der Waals surface area contributed by atoms with Gasteiger partial charge < -0.3 is 10.6 Å². The highest BCUT2D eigenvalue weighted by Gasteiger charge is 2.19. The van der Waals surface area contributed by atoms with Gasteiger partial charge in [0, 0.05) is 62.0 Å². The van der Waals surface area contributed by atoms with Gasteiger partial charge in [-0.25, -0.2) is 9.37 Å². The molecule has 1 aromatic carbocycles. The molecule has 1 saturated heterocycles. The van der Waals surface area contributed by atoms with Crippen LogP contribution in [0.4, 0.5) is 9.52 Å². The van der Waals surface area contributed by atoms with Gasteiger partial charge in [0.25, 0.3) is 0 Å². The molecule has 21 heavy (non-hydrogen) atoms. The average Bonchev–Trinajstić information content (AvgIpc) is 3.04. The number of rotatable bonds is 4. The van der Waals surface area contributed by atoms with E-state index in [-0.39, 0.29) is 12.4 Å². The zero-order valence-electron chi connectivity index (χ0n) is 11.8. The highest BCUT2D eigenvalue weighted by Crippen LogP contribution is 2.20. The lowest BCUT2D eigenvalue weighted by atomic mass is 10.1. The number of hydrogen-bond donors (Lipinski definition) is 1. The lowest BCUT2D eigenvalue weighted by molar-refractivity contribution is 0.246. The van der Waals surface area contributed by atoms with Crippen LogP contribution in [0.3, 0.4) is 0 Å². The molecule has 2 aromatic rings. The van der Waals surface area contributed by atoms with Crippen molar-refractivity contribution < 1.29 is 4.39 Å². The SMILES string of the molecule is NCc1cccc(CN2CCN(c3nccs3)CC2)c1F. The topological polar surface area (TPSA) is 45.4 Å². The van der Waals surface area contributed by atoms with Crippen LogP contribution in [0.2, 0.25) is 0 Å². The van der Waals surface area contributed by atoms with Gasteiger partial charge in [0.1, 0.15) is 5.82 Å². The van der Waals surface area contributed by atoms with Gasteiger partial charge in [-0.3, -0.25) is 4.90 Å². The smallest absolute Gasteiger partial charge is 0.185 e. The predicted octanol–water partition coefficient (Wildman–Crippen LogP) is 2.06. The van der Waals surface area contributed by atoms with Gasteiger partial charge in [0.2, 0.25) is 0 Å². The number of halogens is 1. The molecule has 1 aliphatic rings. The van der Waals surface area contributed by atoms with Gasteiger partial charge in [0.15, 0.2) is 5.13 Å². The summed E-state index contributed by atoms with van der Waals surface area (Å²) in [5.74, 6) is -0.151. The monoisotopic (exact) mass is 306 g/mol. The molecular formula is C15H19FN4S. The second kappa shape index (κ2) is 6.51. The summed E-state index contributed by atoms with van der Waals surface area (Å²) in [5, 5.41) is 3.07. The third-order valence-electron chi connectivity index (χ3n) is 3.83. The van der Waals surface area contributed by atoms with Crippen LogP contribution in [0.1, 0.15) is 11.1 Å². The normalized spacial score (nSPS) is 16.4. The first-order valence-corrected chi connectivity index (χ1v) is 7.99. The molecule has 2 heterocycles. The second-order valence-corrected chi connectivity index (χ2v) is 6.05. The Labute approximate surface area is 128 Å². The van der Waals surface area contributed by atoms with E-state index >= 15 is 0 Å². The van der Waals surface area contributed by atoms with E-state index in [4.69, 9.17) is 5.73 Å². The van der Waals surface area contributed by atoms with Crippen molar-refractivity contribution in [3.8, 4) is 0 Å². The molecular weight excluding hydrogens is 287 g/mol. The van der Waals surface area contributed by atoms with Gasteiger partial charge in [-0.05, 0) is 0 Å². The molecule has 1 aliphatic heterocycles. The molecule has 0 aliphatic carbocycles. The summed E-state index contributed by atoms with van der Waals surface area (Å²) in [6.07, 6.45) is 1.83. The highest BCUT2D eigenvalue weighted by atomic mass is 32.1. The first kappa shape index (κ1) is 14.4. The highest BCUT2D eigenvalue weighted by molar-refractivity contribution is 7.13. The first-order chi connectivity index (χ1) is 10.3. The van der Waals surface area contributed by atoms with Crippen LogP contribution in [-0.4, -0.2) is 36.1 Å². The predicted molar refractivity (Wildman–Crippen MR) is 83.9 cm³/mol. The van der Waals surface area contributed by atoms with E-state index in [0.717, 1.165) is 36.9 Å². The van der Waals surface area contributed by atoms with Crippen LogP contribution in [0.25, 0.3) is 0 Å². The molecule has 1 fully saturated rings. The molecule has 0 atom stereocenters. The fourth-order valence-electron chi connectivity index (χ4n) is 2.62. The van der Waals surface area contributed by atoms with Gasteiger partial charge in [-0.15, -0.1) is 11.3 Å².